The first-order valence-electron chi connectivity index (χ1n) is 8.92. The number of rotatable bonds is 6. The van der Waals surface area contributed by atoms with Gasteiger partial charge in [-0.15, -0.1) is 0 Å². The highest BCUT2D eigenvalue weighted by molar-refractivity contribution is 7.99. The first-order valence-corrected chi connectivity index (χ1v) is 10.1. The Labute approximate surface area is 163 Å². The first-order chi connectivity index (χ1) is 13.0. The molecule has 5 nitrogen and oxygen atoms in total. The molecule has 27 heavy (non-hydrogen) atoms. The Kier molecular flexibility index (Phi) is 6.40. The van der Waals surface area contributed by atoms with E-state index in [0.29, 0.717) is 30.2 Å². The Hall–Kier alpha value is -2.47. The molecule has 0 spiro atoms. The van der Waals surface area contributed by atoms with Gasteiger partial charge in [0.25, 0.3) is 5.91 Å². The van der Waals surface area contributed by atoms with E-state index in [4.69, 9.17) is 9.84 Å². The van der Waals surface area contributed by atoms with Crippen LogP contribution >= 0.6 is 11.8 Å². The second-order valence-electron chi connectivity index (χ2n) is 6.63. The smallest absolute Gasteiger partial charge is 0.305 e. The van der Waals surface area contributed by atoms with Crippen molar-refractivity contribution in [3.8, 4) is 5.75 Å². The third-order valence-corrected chi connectivity index (χ3v) is 5.56. The SMILES string of the molecule is Cc1cccc(COc2cccc(C(=O)N3CCSCC3CC(=O)O)c2)c1. The number of benzene rings is 2. The molecule has 3 rings (SSSR count). The lowest BCUT2D eigenvalue weighted by molar-refractivity contribution is -0.138. The van der Waals surface area contributed by atoms with E-state index in [1.165, 1.54) is 5.56 Å². The normalized spacial score (nSPS) is 16.8. The maximum atomic E-state index is 12.9. The van der Waals surface area contributed by atoms with Gasteiger partial charge in [-0.05, 0) is 30.7 Å². The predicted octanol–water partition coefficient (Wildman–Crippen LogP) is 3.61. The van der Waals surface area contributed by atoms with Crippen LogP contribution in [0.3, 0.4) is 0 Å². The molecule has 0 aromatic heterocycles. The van der Waals surface area contributed by atoms with Gasteiger partial charge in [-0.25, -0.2) is 0 Å². The summed E-state index contributed by atoms with van der Waals surface area (Å²) >= 11 is 1.69. The predicted molar refractivity (Wildman–Crippen MR) is 106 cm³/mol. The molecule has 0 radical (unpaired) electrons. The van der Waals surface area contributed by atoms with E-state index < -0.39 is 5.97 Å². The first kappa shape index (κ1) is 19.3. The Balaban J connectivity index is 1.70. The molecule has 1 aliphatic rings. The molecule has 6 heteroatoms. The maximum absolute atomic E-state index is 12.9. The molecular formula is C21H23NO4S. The third kappa shape index (κ3) is 5.26. The van der Waals surface area contributed by atoms with Gasteiger partial charge < -0.3 is 14.7 Å². The summed E-state index contributed by atoms with van der Waals surface area (Å²) in [5.41, 5.74) is 2.77. The van der Waals surface area contributed by atoms with Crippen LogP contribution in [0.4, 0.5) is 0 Å². The number of aryl methyl sites for hydroxylation is 1. The lowest BCUT2D eigenvalue weighted by atomic mass is 10.1. The number of thioether (sulfide) groups is 1. The van der Waals surface area contributed by atoms with Crippen LogP contribution in [-0.4, -0.2) is 46.0 Å². The van der Waals surface area contributed by atoms with Gasteiger partial charge in [-0.1, -0.05) is 35.9 Å². The summed E-state index contributed by atoms with van der Waals surface area (Å²) in [6, 6.07) is 14.9. The highest BCUT2D eigenvalue weighted by Crippen LogP contribution is 2.23. The van der Waals surface area contributed by atoms with Crippen LogP contribution in [0, 0.1) is 6.92 Å². The van der Waals surface area contributed by atoms with E-state index in [1.54, 1.807) is 34.9 Å². The van der Waals surface area contributed by atoms with Gasteiger partial charge in [0.15, 0.2) is 0 Å². The van der Waals surface area contributed by atoms with Crippen molar-refractivity contribution >= 4 is 23.6 Å². The van der Waals surface area contributed by atoms with Crippen molar-refractivity contribution in [3.05, 3.63) is 65.2 Å². The monoisotopic (exact) mass is 385 g/mol. The van der Waals surface area contributed by atoms with Gasteiger partial charge in [0.05, 0.1) is 12.5 Å². The molecule has 2 aromatic rings. The minimum absolute atomic E-state index is 0.0255. The molecule has 1 saturated heterocycles. The Bertz CT molecular complexity index is 823. The zero-order chi connectivity index (χ0) is 19.2. The van der Waals surface area contributed by atoms with Crippen molar-refractivity contribution in [2.24, 2.45) is 0 Å². The molecule has 1 N–H and O–H groups in total. The van der Waals surface area contributed by atoms with Gasteiger partial charge in [0, 0.05) is 23.6 Å². The van der Waals surface area contributed by atoms with Crippen LogP contribution < -0.4 is 4.74 Å². The summed E-state index contributed by atoms with van der Waals surface area (Å²) < 4.78 is 5.85. The quantitative estimate of drug-likeness (QED) is 0.823. The Morgan fingerprint density at radius 1 is 1.22 bits per heavy atom. The number of carbonyl (C=O) groups excluding carboxylic acids is 1. The van der Waals surface area contributed by atoms with Gasteiger partial charge in [0.1, 0.15) is 12.4 Å². The molecule has 0 bridgehead atoms. The van der Waals surface area contributed by atoms with Crippen LogP contribution in [0.2, 0.25) is 0 Å². The van der Waals surface area contributed by atoms with Gasteiger partial charge in [-0.3, -0.25) is 9.59 Å². The van der Waals surface area contributed by atoms with Gasteiger partial charge in [-0.2, -0.15) is 11.8 Å². The van der Waals surface area contributed by atoms with Crippen molar-refractivity contribution in [3.63, 3.8) is 0 Å². The van der Waals surface area contributed by atoms with E-state index in [-0.39, 0.29) is 18.4 Å². The molecular weight excluding hydrogens is 362 g/mol. The molecule has 142 valence electrons. The van der Waals surface area contributed by atoms with E-state index >= 15 is 0 Å². The van der Waals surface area contributed by atoms with Crippen molar-refractivity contribution in [1.82, 2.24) is 4.90 Å². The molecule has 1 unspecified atom stereocenters. The lowest BCUT2D eigenvalue weighted by Gasteiger charge is -2.34. The third-order valence-electron chi connectivity index (χ3n) is 4.47. The van der Waals surface area contributed by atoms with Gasteiger partial charge >= 0.3 is 5.97 Å². The molecule has 1 fully saturated rings. The van der Waals surface area contributed by atoms with Crippen LogP contribution in [0.5, 0.6) is 5.75 Å². The summed E-state index contributed by atoms with van der Waals surface area (Å²) in [5.74, 6) is 1.09. The molecule has 0 aliphatic carbocycles. The molecule has 2 aromatic carbocycles. The molecule has 0 saturated carbocycles. The van der Waals surface area contributed by atoms with E-state index in [2.05, 4.69) is 6.07 Å². The van der Waals surface area contributed by atoms with E-state index in [0.717, 1.165) is 11.3 Å². The molecule has 1 atom stereocenters. The van der Waals surface area contributed by atoms with E-state index in [1.807, 2.05) is 31.2 Å². The second kappa shape index (κ2) is 8.95. The standard InChI is InChI=1S/C21H23NO4S/c1-15-4-2-5-16(10-15)13-26-19-7-3-6-17(11-19)21(25)22-8-9-27-14-18(22)12-20(23)24/h2-7,10-11,18H,8-9,12-14H2,1H3,(H,23,24). The average molecular weight is 385 g/mol. The van der Waals surface area contributed by atoms with Crippen molar-refractivity contribution < 1.29 is 19.4 Å². The van der Waals surface area contributed by atoms with Crippen molar-refractivity contribution in [1.29, 1.82) is 0 Å². The average Bonchev–Trinajstić information content (AvgIpc) is 2.66. The number of amides is 1. The zero-order valence-corrected chi connectivity index (χ0v) is 16.1. The topological polar surface area (TPSA) is 66.8 Å². The largest absolute Gasteiger partial charge is 0.489 e. The highest BCUT2D eigenvalue weighted by Gasteiger charge is 2.29. The minimum Gasteiger partial charge on any atom is -0.489 e. The zero-order valence-electron chi connectivity index (χ0n) is 15.3. The Morgan fingerprint density at radius 2 is 2.04 bits per heavy atom. The number of aliphatic carboxylic acids is 1. The van der Waals surface area contributed by atoms with Crippen LogP contribution in [-0.2, 0) is 11.4 Å². The van der Waals surface area contributed by atoms with Crippen molar-refractivity contribution in [2.75, 3.05) is 18.1 Å². The van der Waals surface area contributed by atoms with Crippen molar-refractivity contribution in [2.45, 2.75) is 26.0 Å². The highest BCUT2D eigenvalue weighted by atomic mass is 32.2. The number of ether oxygens (including phenoxy) is 1. The fourth-order valence-electron chi connectivity index (χ4n) is 3.15. The van der Waals surface area contributed by atoms with Crippen LogP contribution in [0.25, 0.3) is 0 Å². The van der Waals surface area contributed by atoms with Crippen LogP contribution in [0.15, 0.2) is 48.5 Å². The number of hydrogen-bond donors (Lipinski definition) is 1. The minimum atomic E-state index is -0.879. The second-order valence-corrected chi connectivity index (χ2v) is 7.78. The number of nitrogens with zero attached hydrogens (tertiary/aromatic N) is 1. The summed E-state index contributed by atoms with van der Waals surface area (Å²) in [4.78, 5) is 25.7. The Morgan fingerprint density at radius 3 is 2.81 bits per heavy atom. The molecule has 1 aliphatic heterocycles. The maximum Gasteiger partial charge on any atom is 0.305 e. The summed E-state index contributed by atoms with van der Waals surface area (Å²) in [6.45, 7) is 3.03. The summed E-state index contributed by atoms with van der Waals surface area (Å²) in [5, 5.41) is 9.11. The molecule has 1 amide bonds. The van der Waals surface area contributed by atoms with Gasteiger partial charge in [0.2, 0.25) is 0 Å². The number of carboxylic acid groups (broad SMARTS) is 1. The summed E-state index contributed by atoms with van der Waals surface area (Å²) in [6.07, 6.45) is -0.0255. The lowest BCUT2D eigenvalue weighted by Crippen LogP contribution is -2.47. The number of carboxylic acids is 1. The summed E-state index contributed by atoms with van der Waals surface area (Å²) in [7, 11) is 0. The fourth-order valence-corrected chi connectivity index (χ4v) is 4.21. The number of hydrogen-bond acceptors (Lipinski definition) is 4. The van der Waals surface area contributed by atoms with Crippen LogP contribution in [0.1, 0.15) is 27.9 Å². The molecule has 1 heterocycles. The fraction of sp³-hybridized carbons (Fsp3) is 0.333. The number of carbonyl (C=O) groups is 2. The van der Waals surface area contributed by atoms with E-state index in [9.17, 15) is 9.59 Å².